The lowest BCUT2D eigenvalue weighted by Crippen LogP contribution is -2.44. The number of allylic oxidation sites excluding steroid dienone is 2. The van der Waals surface area contributed by atoms with Gasteiger partial charge in [-0.25, -0.2) is 28.4 Å². The third kappa shape index (κ3) is 8.80. The molecule has 14 heteroatoms. The van der Waals surface area contributed by atoms with Crippen LogP contribution in [0, 0.1) is 11.3 Å². The number of alkyl halides is 2. The van der Waals surface area contributed by atoms with E-state index < -0.39 is 11.8 Å². The maximum atomic E-state index is 12.8. The van der Waals surface area contributed by atoms with Crippen molar-refractivity contribution in [2.24, 2.45) is 13.0 Å². The Balaban J connectivity index is 0.000000356. The molecular formula is C29H40BF2N8O2P. The summed E-state index contributed by atoms with van der Waals surface area (Å²) in [5.74, 6) is 0.0915. The second-order valence-electron chi connectivity index (χ2n) is 10.2. The van der Waals surface area contributed by atoms with Gasteiger partial charge in [-0.15, -0.1) is 0 Å². The lowest BCUT2D eigenvalue weighted by atomic mass is 9.93. The average molecular weight is 612 g/mol. The van der Waals surface area contributed by atoms with Crippen molar-refractivity contribution < 1.29 is 18.3 Å². The summed E-state index contributed by atoms with van der Waals surface area (Å²) < 4.78 is 39.6. The van der Waals surface area contributed by atoms with E-state index in [9.17, 15) is 8.78 Å². The van der Waals surface area contributed by atoms with Crippen molar-refractivity contribution >= 4 is 39.6 Å². The van der Waals surface area contributed by atoms with Gasteiger partial charge in [-0.1, -0.05) is 13.0 Å². The fourth-order valence-corrected chi connectivity index (χ4v) is 4.74. The molecule has 3 aromatic rings. The number of nitrogens with zero attached hydrogens (tertiary/aromatic N) is 5. The van der Waals surface area contributed by atoms with Crippen molar-refractivity contribution in [2.45, 2.75) is 59.0 Å². The van der Waals surface area contributed by atoms with E-state index >= 15 is 0 Å². The molecule has 3 N–H and O–H groups in total. The minimum Gasteiger partial charge on any atom is -0.490 e. The smallest absolute Gasteiger partial charge is 0.253 e. The largest absolute Gasteiger partial charge is 0.490 e. The van der Waals surface area contributed by atoms with Crippen molar-refractivity contribution in [2.75, 3.05) is 25.0 Å². The molecule has 2 aliphatic heterocycles. The van der Waals surface area contributed by atoms with Crippen molar-refractivity contribution in [1.29, 1.82) is 5.41 Å². The topological polar surface area (TPSA) is 123 Å². The number of piperidine rings is 1. The zero-order valence-corrected chi connectivity index (χ0v) is 26.5. The van der Waals surface area contributed by atoms with E-state index in [1.807, 2.05) is 49.1 Å². The van der Waals surface area contributed by atoms with Gasteiger partial charge in [0.05, 0.1) is 26.5 Å². The summed E-state index contributed by atoms with van der Waals surface area (Å²) in [6.07, 6.45) is 8.11. The molecular weight excluding hydrogens is 572 g/mol. The zero-order chi connectivity index (χ0) is 31.6. The van der Waals surface area contributed by atoms with Gasteiger partial charge in [0.25, 0.3) is 5.92 Å². The van der Waals surface area contributed by atoms with Gasteiger partial charge in [-0.3, -0.25) is 0 Å². The molecule has 1 saturated heterocycles. The molecule has 2 aliphatic rings. The van der Waals surface area contributed by atoms with Crippen LogP contribution in [0.2, 0.25) is 0 Å². The summed E-state index contributed by atoms with van der Waals surface area (Å²) in [4.78, 5) is 13.5. The molecule has 2 radical (unpaired) electrons. The van der Waals surface area contributed by atoms with Gasteiger partial charge in [0.1, 0.15) is 22.9 Å². The number of pyridine rings is 1. The van der Waals surface area contributed by atoms with E-state index in [0.29, 0.717) is 67.3 Å². The van der Waals surface area contributed by atoms with Crippen molar-refractivity contribution in [3.8, 4) is 23.0 Å². The minimum atomic E-state index is -2.42. The molecule has 0 spiro atoms. The summed E-state index contributed by atoms with van der Waals surface area (Å²) >= 11 is 0. The Hall–Kier alpha value is -3.44. The number of hydrogen-bond acceptors (Lipinski definition) is 9. The van der Waals surface area contributed by atoms with Crippen LogP contribution < -0.4 is 20.1 Å². The van der Waals surface area contributed by atoms with E-state index in [1.165, 1.54) is 0 Å². The second-order valence-corrected chi connectivity index (χ2v) is 10.2. The van der Waals surface area contributed by atoms with Gasteiger partial charge >= 0.3 is 0 Å². The fraction of sp³-hybridized carbons (Fsp3) is 0.483. The molecule has 5 heterocycles. The normalized spacial score (nSPS) is 19.3. The van der Waals surface area contributed by atoms with Crippen LogP contribution >= 0.6 is 9.12 Å². The van der Waals surface area contributed by atoms with E-state index in [-0.39, 0.29) is 12.5 Å². The Bertz CT molecular complexity index is 1400. The zero-order valence-electron chi connectivity index (χ0n) is 25.3. The molecule has 0 aromatic carbocycles. The van der Waals surface area contributed by atoms with E-state index in [1.54, 1.807) is 36.3 Å². The van der Waals surface area contributed by atoms with Crippen LogP contribution in [0.5, 0.6) is 11.6 Å². The van der Waals surface area contributed by atoms with Crippen LogP contribution in [-0.2, 0) is 7.05 Å². The van der Waals surface area contributed by atoms with Crippen molar-refractivity contribution in [3.63, 3.8) is 0 Å². The first-order chi connectivity index (χ1) is 20.6. The first-order valence-electron chi connectivity index (χ1n) is 14.2. The lowest BCUT2D eigenvalue weighted by molar-refractivity contribution is -0.0789. The van der Waals surface area contributed by atoms with Gasteiger partial charge in [0, 0.05) is 74.2 Å². The quantitative estimate of drug-likeness (QED) is 0.199. The van der Waals surface area contributed by atoms with Crippen LogP contribution in [0.4, 0.5) is 20.4 Å². The van der Waals surface area contributed by atoms with Crippen LogP contribution in [-0.4, -0.2) is 69.7 Å². The molecule has 10 nitrogen and oxygen atoms in total. The third-order valence-corrected chi connectivity index (χ3v) is 7.09. The highest BCUT2D eigenvalue weighted by molar-refractivity contribution is 7.49. The van der Waals surface area contributed by atoms with E-state index in [4.69, 9.17) is 14.9 Å². The van der Waals surface area contributed by atoms with Gasteiger partial charge in [0.2, 0.25) is 5.88 Å². The van der Waals surface area contributed by atoms with E-state index in [0.717, 1.165) is 16.7 Å². The molecule has 0 aliphatic carbocycles. The van der Waals surface area contributed by atoms with Crippen LogP contribution in [0.15, 0.2) is 36.8 Å². The van der Waals surface area contributed by atoms with Crippen LogP contribution in [0.1, 0.15) is 52.5 Å². The summed E-state index contributed by atoms with van der Waals surface area (Å²) in [6, 6.07) is 3.60. The highest BCUT2D eigenvalue weighted by Gasteiger charge is 2.39. The molecule has 0 saturated carbocycles. The third-order valence-electron chi connectivity index (χ3n) is 7.09. The lowest BCUT2D eigenvalue weighted by Gasteiger charge is -2.30. The Kier molecular flexibility index (Phi) is 12.6. The standard InChI is InChI=1S/C22H25N7O2.C7H13F2N.BH2P/c1-5-15(14(3)23)16-11-25-20-10-18(16)31-13(2)7-9-30-22-17(12-26-29(22)4)21-24-8-6-19(27-20)28-21;1-2-6-5-10-4-3-7(6,8)9;1-2/h5-6,8,10-13,23H,7,9H2,1-4H3,(H,24,25,27,28);6,10H,2-5H2,1H3;2H2/b15-5+,23-14?;;/t13-;;/m0../s1. The number of rotatable bonds is 3. The van der Waals surface area contributed by atoms with Crippen molar-refractivity contribution in [1.82, 2.24) is 30.0 Å². The number of ether oxygens (including phenoxy) is 2. The Morgan fingerprint density at radius 1 is 1.28 bits per heavy atom. The molecule has 5 rings (SSSR count). The summed E-state index contributed by atoms with van der Waals surface area (Å²) in [7, 11) is 8.16. The molecule has 0 amide bonds. The van der Waals surface area contributed by atoms with Gasteiger partial charge in [-0.05, 0) is 33.3 Å². The number of hydrogen-bond donors (Lipinski definition) is 3. The fourth-order valence-electron chi connectivity index (χ4n) is 4.74. The maximum Gasteiger partial charge on any atom is 0.253 e. The van der Waals surface area contributed by atoms with Gasteiger partial charge in [0.15, 0.2) is 5.82 Å². The predicted molar refractivity (Wildman–Crippen MR) is 171 cm³/mol. The number of halogens is 2. The monoisotopic (exact) mass is 612 g/mol. The molecule has 43 heavy (non-hydrogen) atoms. The van der Waals surface area contributed by atoms with E-state index in [2.05, 4.69) is 38.2 Å². The number of anilines is 2. The average Bonchev–Trinajstić information content (AvgIpc) is 3.35. The van der Waals surface area contributed by atoms with Crippen LogP contribution in [0.3, 0.4) is 0 Å². The Morgan fingerprint density at radius 3 is 2.70 bits per heavy atom. The number of aryl methyl sites for hydroxylation is 1. The van der Waals surface area contributed by atoms with Crippen LogP contribution in [0.25, 0.3) is 17.0 Å². The summed E-state index contributed by atoms with van der Waals surface area (Å²) in [6.45, 7) is 8.84. The number of fused-ring (bicyclic) bond motifs is 6. The summed E-state index contributed by atoms with van der Waals surface area (Å²) in [5, 5.41) is 18.6. The van der Waals surface area contributed by atoms with Gasteiger partial charge < -0.3 is 25.5 Å². The highest BCUT2D eigenvalue weighted by Crippen LogP contribution is 2.33. The minimum absolute atomic E-state index is 0.00546. The second kappa shape index (κ2) is 15.9. The van der Waals surface area contributed by atoms with Crippen molar-refractivity contribution in [3.05, 3.63) is 42.4 Å². The number of aromatic nitrogens is 5. The predicted octanol–water partition coefficient (Wildman–Crippen LogP) is 5.59. The highest BCUT2D eigenvalue weighted by atomic mass is 31.0. The summed E-state index contributed by atoms with van der Waals surface area (Å²) in [5.41, 5.74) is 2.73. The molecule has 3 aromatic heterocycles. The molecule has 1 fully saturated rings. The number of nitrogens with one attached hydrogen (secondary N) is 3. The Morgan fingerprint density at radius 2 is 2.05 bits per heavy atom. The maximum absolute atomic E-state index is 12.8. The first kappa shape index (κ1) is 34.1. The molecule has 2 unspecified atom stereocenters. The van der Waals surface area contributed by atoms with Gasteiger partial charge in [-0.2, -0.15) is 14.2 Å². The first-order valence-corrected chi connectivity index (χ1v) is 14.9. The SMILES string of the molecule is C/C=C(\C(C)=N)c1cnc2cc1O[C@@H](C)CCOc1c(cnn1C)-c1nccc(n1)N2.CCC1CNCCC1(F)F.[B]P. The molecule has 3 atom stereocenters. The Labute approximate surface area is 255 Å². The molecule has 4 bridgehead atoms. The molecule has 230 valence electrons.